The molecule has 1 aromatic rings. The molecule has 0 aliphatic heterocycles. The van der Waals surface area contributed by atoms with Crippen LogP contribution < -0.4 is 0 Å². The van der Waals surface area contributed by atoms with Crippen LogP contribution in [0.3, 0.4) is 0 Å². The highest BCUT2D eigenvalue weighted by molar-refractivity contribution is 9.10. The molecule has 0 heterocycles. The first kappa shape index (κ1) is 10.3. The van der Waals surface area contributed by atoms with E-state index in [0.29, 0.717) is 5.78 Å². The van der Waals surface area contributed by atoms with E-state index in [1.807, 2.05) is 6.08 Å². The number of rotatable bonds is 0. The minimum absolute atomic E-state index is 0.113. The van der Waals surface area contributed by atoms with Gasteiger partial charge in [0.15, 0.2) is 5.78 Å². The average molecular weight is 277 g/mol. The summed E-state index contributed by atoms with van der Waals surface area (Å²) in [5.74, 6) is 0.325. The summed E-state index contributed by atoms with van der Waals surface area (Å²) in [7, 11) is 0. The largest absolute Gasteiger partial charge is 0.294 e. The number of ketones is 1. The van der Waals surface area contributed by atoms with Crippen LogP contribution in [0.5, 0.6) is 0 Å². The van der Waals surface area contributed by atoms with E-state index in [0.717, 1.165) is 30.2 Å². The summed E-state index contributed by atoms with van der Waals surface area (Å²) < 4.78 is 1.11. The summed E-state index contributed by atoms with van der Waals surface area (Å²) in [6, 6.07) is 6.39. The Morgan fingerprint density at radius 3 is 2.81 bits per heavy atom. The van der Waals surface area contributed by atoms with Gasteiger partial charge in [-0.2, -0.15) is 0 Å². The lowest BCUT2D eigenvalue weighted by atomic mass is 9.74. The first-order chi connectivity index (χ1) is 7.70. The highest BCUT2D eigenvalue weighted by Crippen LogP contribution is 2.44. The summed E-state index contributed by atoms with van der Waals surface area (Å²) in [5.41, 5.74) is 2.59. The lowest BCUT2D eigenvalue weighted by Crippen LogP contribution is -2.32. The summed E-state index contributed by atoms with van der Waals surface area (Å²) in [5, 5.41) is 0. The molecule has 2 aliphatic rings. The number of carbonyl (C=O) groups excluding carboxylic acids is 1. The van der Waals surface area contributed by atoms with E-state index >= 15 is 0 Å². The second kappa shape index (κ2) is 3.56. The van der Waals surface area contributed by atoms with Crippen molar-refractivity contribution in [2.45, 2.75) is 25.7 Å². The zero-order valence-corrected chi connectivity index (χ0v) is 10.6. The van der Waals surface area contributed by atoms with Crippen molar-refractivity contribution in [3.8, 4) is 0 Å². The fourth-order valence-corrected chi connectivity index (χ4v) is 3.33. The molecule has 0 N–H and O–H groups in total. The Morgan fingerprint density at radius 1 is 1.19 bits per heavy atom. The van der Waals surface area contributed by atoms with E-state index in [2.05, 4.69) is 34.1 Å². The van der Waals surface area contributed by atoms with Gasteiger partial charge in [-0.25, -0.2) is 0 Å². The third-order valence-corrected chi connectivity index (χ3v) is 4.30. The first-order valence-corrected chi connectivity index (χ1v) is 6.47. The molecule has 2 aliphatic carbocycles. The SMILES string of the molecule is O=C1C=CCC[C@]12Cc1ccc(Br)cc1C2. The molecular formula is C14H13BrO. The molecule has 0 fully saturated rings. The smallest absolute Gasteiger partial charge is 0.162 e. The zero-order chi connectivity index (χ0) is 11.2. The molecule has 3 rings (SSSR count). The fraction of sp³-hybridized carbons (Fsp3) is 0.357. The maximum atomic E-state index is 12.1. The predicted octanol–water partition coefficient (Wildman–Crippen LogP) is 3.45. The number of hydrogen-bond acceptors (Lipinski definition) is 1. The Labute approximate surface area is 104 Å². The Kier molecular flexibility index (Phi) is 2.28. The maximum Gasteiger partial charge on any atom is 0.162 e. The lowest BCUT2D eigenvalue weighted by Gasteiger charge is -2.28. The second-order valence-corrected chi connectivity index (χ2v) is 5.77. The Balaban J connectivity index is 2.00. The van der Waals surface area contributed by atoms with Gasteiger partial charge in [-0.15, -0.1) is 0 Å². The van der Waals surface area contributed by atoms with Crippen molar-refractivity contribution in [1.29, 1.82) is 0 Å². The van der Waals surface area contributed by atoms with Crippen LogP contribution >= 0.6 is 15.9 Å². The van der Waals surface area contributed by atoms with Crippen LogP contribution in [-0.4, -0.2) is 5.78 Å². The quantitative estimate of drug-likeness (QED) is 0.709. The van der Waals surface area contributed by atoms with E-state index < -0.39 is 0 Å². The van der Waals surface area contributed by atoms with Gasteiger partial charge in [0.1, 0.15) is 0 Å². The van der Waals surface area contributed by atoms with Gasteiger partial charge in [0.2, 0.25) is 0 Å². The number of fused-ring (bicyclic) bond motifs is 1. The first-order valence-electron chi connectivity index (χ1n) is 5.68. The van der Waals surface area contributed by atoms with Crippen LogP contribution in [0.4, 0.5) is 0 Å². The molecule has 1 atom stereocenters. The van der Waals surface area contributed by atoms with E-state index in [4.69, 9.17) is 0 Å². The van der Waals surface area contributed by atoms with Gasteiger partial charge in [0.25, 0.3) is 0 Å². The molecule has 82 valence electrons. The van der Waals surface area contributed by atoms with Gasteiger partial charge in [-0.3, -0.25) is 4.79 Å². The van der Waals surface area contributed by atoms with Crippen molar-refractivity contribution in [2.24, 2.45) is 5.41 Å². The Morgan fingerprint density at radius 2 is 2.00 bits per heavy atom. The van der Waals surface area contributed by atoms with Crippen molar-refractivity contribution in [3.63, 3.8) is 0 Å². The Hall–Kier alpha value is -0.890. The minimum atomic E-state index is -0.113. The van der Waals surface area contributed by atoms with Crippen LogP contribution in [0.15, 0.2) is 34.8 Å². The molecule has 0 radical (unpaired) electrons. The highest BCUT2D eigenvalue weighted by Gasteiger charge is 2.42. The molecule has 0 amide bonds. The molecule has 0 saturated heterocycles. The zero-order valence-electron chi connectivity index (χ0n) is 9.00. The summed E-state index contributed by atoms with van der Waals surface area (Å²) in [6.45, 7) is 0. The summed E-state index contributed by atoms with van der Waals surface area (Å²) in [6.07, 6.45) is 7.69. The van der Waals surface area contributed by atoms with Crippen LogP contribution in [0, 0.1) is 5.41 Å². The standard InChI is InChI=1S/C14H13BrO/c15-12-5-4-10-8-14(9-11(10)7-12)6-2-1-3-13(14)16/h1,3-5,7H,2,6,8-9H2/t14-/m1/s1. The number of allylic oxidation sites excluding steroid dienone is 2. The van der Waals surface area contributed by atoms with E-state index in [1.165, 1.54) is 11.1 Å². The third-order valence-electron chi connectivity index (χ3n) is 3.81. The van der Waals surface area contributed by atoms with Gasteiger partial charge in [-0.1, -0.05) is 28.1 Å². The van der Waals surface area contributed by atoms with Crippen molar-refractivity contribution < 1.29 is 4.79 Å². The number of benzene rings is 1. The van der Waals surface area contributed by atoms with Gasteiger partial charge in [0.05, 0.1) is 0 Å². The van der Waals surface area contributed by atoms with Gasteiger partial charge in [-0.05, 0) is 55.0 Å². The van der Waals surface area contributed by atoms with Gasteiger partial charge >= 0.3 is 0 Å². The second-order valence-electron chi connectivity index (χ2n) is 4.85. The van der Waals surface area contributed by atoms with E-state index in [1.54, 1.807) is 6.08 Å². The molecule has 0 unspecified atom stereocenters. The average Bonchev–Trinajstić information content (AvgIpc) is 2.61. The molecular weight excluding hydrogens is 264 g/mol. The third kappa shape index (κ3) is 1.47. The van der Waals surface area contributed by atoms with Crippen LogP contribution in [0.2, 0.25) is 0 Å². The molecule has 1 spiro atoms. The molecule has 0 saturated carbocycles. The van der Waals surface area contributed by atoms with Crippen molar-refractivity contribution in [2.75, 3.05) is 0 Å². The highest BCUT2D eigenvalue weighted by atomic mass is 79.9. The maximum absolute atomic E-state index is 12.1. The molecule has 16 heavy (non-hydrogen) atoms. The number of hydrogen-bond donors (Lipinski definition) is 0. The van der Waals surface area contributed by atoms with E-state index in [9.17, 15) is 4.79 Å². The molecule has 1 nitrogen and oxygen atoms in total. The van der Waals surface area contributed by atoms with Gasteiger partial charge < -0.3 is 0 Å². The topological polar surface area (TPSA) is 17.1 Å². The predicted molar refractivity (Wildman–Crippen MR) is 67.4 cm³/mol. The number of halogens is 1. The van der Waals surface area contributed by atoms with Crippen LogP contribution in [0.25, 0.3) is 0 Å². The van der Waals surface area contributed by atoms with Crippen molar-refractivity contribution in [1.82, 2.24) is 0 Å². The lowest BCUT2D eigenvalue weighted by molar-refractivity contribution is -0.124. The van der Waals surface area contributed by atoms with Crippen LogP contribution in [-0.2, 0) is 17.6 Å². The summed E-state index contributed by atoms with van der Waals surface area (Å²) in [4.78, 5) is 12.1. The monoisotopic (exact) mass is 276 g/mol. The molecule has 0 aromatic heterocycles. The fourth-order valence-electron chi connectivity index (χ4n) is 2.92. The molecule has 2 heteroatoms. The van der Waals surface area contributed by atoms with Gasteiger partial charge in [0, 0.05) is 9.89 Å². The van der Waals surface area contributed by atoms with Crippen molar-refractivity contribution in [3.05, 3.63) is 46.0 Å². The van der Waals surface area contributed by atoms with Crippen LogP contribution in [0.1, 0.15) is 24.0 Å². The van der Waals surface area contributed by atoms with E-state index in [-0.39, 0.29) is 5.41 Å². The summed E-state index contributed by atoms with van der Waals surface area (Å²) >= 11 is 3.49. The number of carbonyl (C=O) groups is 1. The Bertz CT molecular complexity index is 490. The molecule has 0 bridgehead atoms. The normalized spacial score (nSPS) is 27.4. The molecule has 1 aromatic carbocycles. The van der Waals surface area contributed by atoms with Crippen molar-refractivity contribution >= 4 is 21.7 Å². The minimum Gasteiger partial charge on any atom is -0.294 e.